The van der Waals surface area contributed by atoms with Crippen molar-refractivity contribution in [2.45, 2.75) is 4.90 Å². The highest BCUT2D eigenvalue weighted by Crippen LogP contribution is 2.33. The molecular weight excluding hydrogens is 306 g/mol. The van der Waals surface area contributed by atoms with Crippen LogP contribution in [0.3, 0.4) is 0 Å². The third kappa shape index (κ3) is 2.78. The Kier molecular flexibility index (Phi) is 4.28. The van der Waals surface area contributed by atoms with Crippen molar-refractivity contribution in [3.05, 3.63) is 33.3 Å². The lowest BCUT2D eigenvalue weighted by Gasteiger charge is -2.31. The van der Waals surface area contributed by atoms with Crippen LogP contribution < -0.4 is 0 Å². The number of piperazine rings is 1. The Bertz CT molecular complexity index is 627. The van der Waals surface area contributed by atoms with Crippen LogP contribution in [0.2, 0.25) is 5.02 Å². The Morgan fingerprint density at radius 1 is 1.25 bits per heavy atom. The van der Waals surface area contributed by atoms with Crippen molar-refractivity contribution < 1.29 is 13.3 Å². The van der Waals surface area contributed by atoms with Crippen LogP contribution in [0.15, 0.2) is 23.1 Å². The topological polar surface area (TPSA) is 83.8 Å². The molecule has 0 aliphatic carbocycles. The number of rotatable bonds is 3. The number of nitro groups is 1. The second-order valence-electron chi connectivity index (χ2n) is 4.55. The number of hydrogen-bond acceptors (Lipinski definition) is 5. The molecule has 2 rings (SSSR count). The van der Waals surface area contributed by atoms with Gasteiger partial charge in [0.05, 0.1) is 9.95 Å². The molecule has 0 saturated carbocycles. The molecule has 1 aromatic rings. The zero-order valence-corrected chi connectivity index (χ0v) is 12.4. The first kappa shape index (κ1) is 15.2. The number of sulfonamides is 1. The van der Waals surface area contributed by atoms with Crippen molar-refractivity contribution >= 4 is 27.3 Å². The molecule has 1 saturated heterocycles. The molecule has 0 unspecified atom stereocenters. The Morgan fingerprint density at radius 3 is 2.40 bits per heavy atom. The van der Waals surface area contributed by atoms with Gasteiger partial charge in [-0.2, -0.15) is 4.31 Å². The molecule has 110 valence electrons. The van der Waals surface area contributed by atoms with Gasteiger partial charge in [-0.25, -0.2) is 8.42 Å². The molecule has 0 spiro atoms. The molecule has 0 N–H and O–H groups in total. The smallest absolute Gasteiger partial charge is 0.290 e. The summed E-state index contributed by atoms with van der Waals surface area (Å²) in [5.41, 5.74) is -0.489. The summed E-state index contributed by atoms with van der Waals surface area (Å²) in [5.74, 6) is 0. The van der Waals surface area contributed by atoms with Gasteiger partial charge in [-0.15, -0.1) is 0 Å². The van der Waals surface area contributed by atoms with Crippen LogP contribution in [0, 0.1) is 10.1 Å². The highest BCUT2D eigenvalue weighted by atomic mass is 35.5. The fourth-order valence-corrected chi connectivity index (χ4v) is 4.14. The summed E-state index contributed by atoms with van der Waals surface area (Å²) in [5, 5.41) is 10.9. The van der Waals surface area contributed by atoms with Crippen LogP contribution in [0.25, 0.3) is 0 Å². The van der Waals surface area contributed by atoms with Gasteiger partial charge in [0.2, 0.25) is 0 Å². The minimum atomic E-state index is -3.96. The normalized spacial score (nSPS) is 18.1. The first-order valence-corrected chi connectivity index (χ1v) is 7.77. The molecule has 0 amide bonds. The SMILES string of the molecule is CN1CCN(S(=O)(=O)c2c(Cl)cccc2[N+](=O)[O-])CC1. The fraction of sp³-hybridized carbons (Fsp3) is 0.455. The molecule has 1 heterocycles. The predicted octanol–water partition coefficient (Wildman–Crippen LogP) is 1.18. The zero-order valence-electron chi connectivity index (χ0n) is 10.8. The van der Waals surface area contributed by atoms with E-state index in [0.29, 0.717) is 26.2 Å². The van der Waals surface area contributed by atoms with E-state index in [1.165, 1.54) is 16.4 Å². The summed E-state index contributed by atoms with van der Waals surface area (Å²) in [6, 6.07) is 3.86. The maximum absolute atomic E-state index is 12.6. The minimum Gasteiger partial charge on any atom is -0.304 e. The highest BCUT2D eigenvalue weighted by molar-refractivity contribution is 7.89. The van der Waals surface area contributed by atoms with Crippen LogP contribution >= 0.6 is 11.6 Å². The number of likely N-dealkylation sites (N-methyl/N-ethyl adjacent to an activating group) is 1. The van der Waals surface area contributed by atoms with Crippen LogP contribution in [0.5, 0.6) is 0 Å². The molecular formula is C11H14ClN3O4S. The van der Waals surface area contributed by atoms with E-state index in [0.717, 1.165) is 6.07 Å². The second-order valence-corrected chi connectivity index (χ2v) is 6.83. The molecule has 1 aliphatic rings. The third-order valence-electron chi connectivity index (χ3n) is 3.20. The lowest BCUT2D eigenvalue weighted by Crippen LogP contribution is -2.47. The summed E-state index contributed by atoms with van der Waals surface area (Å²) >= 11 is 5.89. The van der Waals surface area contributed by atoms with E-state index in [2.05, 4.69) is 0 Å². The van der Waals surface area contributed by atoms with Crippen molar-refractivity contribution in [1.29, 1.82) is 0 Å². The first-order valence-electron chi connectivity index (χ1n) is 5.95. The highest BCUT2D eigenvalue weighted by Gasteiger charge is 2.35. The average molecular weight is 320 g/mol. The van der Waals surface area contributed by atoms with Gasteiger partial charge in [0.25, 0.3) is 15.7 Å². The van der Waals surface area contributed by atoms with Gasteiger partial charge < -0.3 is 4.90 Å². The Balaban J connectivity index is 2.47. The van der Waals surface area contributed by atoms with E-state index in [1.54, 1.807) is 0 Å². The van der Waals surface area contributed by atoms with E-state index in [4.69, 9.17) is 11.6 Å². The zero-order chi connectivity index (χ0) is 14.9. The fourth-order valence-electron chi connectivity index (χ4n) is 2.05. The maximum Gasteiger partial charge on any atom is 0.290 e. The predicted molar refractivity (Wildman–Crippen MR) is 74.4 cm³/mol. The quantitative estimate of drug-likeness (QED) is 0.617. The third-order valence-corrected chi connectivity index (χ3v) is 5.62. The monoisotopic (exact) mass is 319 g/mol. The Morgan fingerprint density at radius 2 is 1.85 bits per heavy atom. The standard InChI is InChI=1S/C11H14ClN3O4S/c1-13-5-7-14(8-6-13)20(18,19)11-9(12)3-2-4-10(11)15(16)17/h2-4H,5-8H2,1H3. The molecule has 1 aromatic carbocycles. The number of benzene rings is 1. The summed E-state index contributed by atoms with van der Waals surface area (Å²) in [6.07, 6.45) is 0. The number of nitrogens with zero attached hydrogens (tertiary/aromatic N) is 3. The van der Waals surface area contributed by atoms with Gasteiger partial charge >= 0.3 is 0 Å². The van der Waals surface area contributed by atoms with Crippen molar-refractivity contribution in [1.82, 2.24) is 9.21 Å². The largest absolute Gasteiger partial charge is 0.304 e. The lowest BCUT2D eigenvalue weighted by atomic mass is 10.3. The second kappa shape index (κ2) is 5.65. The van der Waals surface area contributed by atoms with Gasteiger partial charge in [-0.05, 0) is 13.1 Å². The van der Waals surface area contributed by atoms with E-state index in [-0.39, 0.29) is 5.02 Å². The van der Waals surface area contributed by atoms with Gasteiger partial charge in [-0.3, -0.25) is 10.1 Å². The van der Waals surface area contributed by atoms with Crippen LogP contribution in [0.4, 0.5) is 5.69 Å². The molecule has 20 heavy (non-hydrogen) atoms. The minimum absolute atomic E-state index is 0.127. The van der Waals surface area contributed by atoms with Crippen molar-refractivity contribution in [2.75, 3.05) is 33.2 Å². The Hall–Kier alpha value is -1.22. The molecule has 0 aromatic heterocycles. The molecule has 1 aliphatic heterocycles. The van der Waals surface area contributed by atoms with E-state index in [9.17, 15) is 18.5 Å². The molecule has 9 heteroatoms. The van der Waals surface area contributed by atoms with Crippen molar-refractivity contribution in [2.24, 2.45) is 0 Å². The summed E-state index contributed by atoms with van der Waals surface area (Å²) < 4.78 is 26.4. The van der Waals surface area contributed by atoms with Crippen LogP contribution in [0.1, 0.15) is 0 Å². The van der Waals surface area contributed by atoms with E-state index < -0.39 is 25.5 Å². The average Bonchev–Trinajstić information content (AvgIpc) is 2.38. The summed E-state index contributed by atoms with van der Waals surface area (Å²) in [4.78, 5) is 11.9. The van der Waals surface area contributed by atoms with E-state index >= 15 is 0 Å². The van der Waals surface area contributed by atoms with Gasteiger partial charge in [0.1, 0.15) is 0 Å². The summed E-state index contributed by atoms with van der Waals surface area (Å²) in [7, 11) is -2.07. The van der Waals surface area contributed by atoms with Crippen molar-refractivity contribution in [3.63, 3.8) is 0 Å². The van der Waals surface area contributed by atoms with Crippen molar-refractivity contribution in [3.8, 4) is 0 Å². The van der Waals surface area contributed by atoms with Crippen LogP contribution in [-0.2, 0) is 10.0 Å². The molecule has 0 atom stereocenters. The lowest BCUT2D eigenvalue weighted by molar-refractivity contribution is -0.387. The first-order chi connectivity index (χ1) is 9.34. The molecule has 0 radical (unpaired) electrons. The Labute approximate surface area is 121 Å². The maximum atomic E-state index is 12.6. The molecule has 0 bridgehead atoms. The number of halogens is 1. The van der Waals surface area contributed by atoms with E-state index in [1.807, 2.05) is 11.9 Å². The van der Waals surface area contributed by atoms with Gasteiger partial charge in [0, 0.05) is 32.2 Å². The van der Waals surface area contributed by atoms with Crippen LogP contribution in [-0.4, -0.2) is 55.8 Å². The van der Waals surface area contributed by atoms with Gasteiger partial charge in [0.15, 0.2) is 4.90 Å². The molecule has 1 fully saturated rings. The number of nitro benzene ring substituents is 1. The number of hydrogen-bond donors (Lipinski definition) is 0. The molecule has 7 nitrogen and oxygen atoms in total. The summed E-state index contributed by atoms with van der Waals surface area (Å²) in [6.45, 7) is 1.75. The van der Waals surface area contributed by atoms with Gasteiger partial charge in [-0.1, -0.05) is 17.7 Å².